The average Bonchev–Trinajstić information content (AvgIpc) is 3.23. The predicted octanol–water partition coefficient (Wildman–Crippen LogP) is 3.92. The fourth-order valence-electron chi connectivity index (χ4n) is 3.64. The predicted molar refractivity (Wildman–Crippen MR) is 137 cm³/mol. The van der Waals surface area contributed by atoms with Crippen LogP contribution in [0.15, 0.2) is 48.5 Å². The summed E-state index contributed by atoms with van der Waals surface area (Å²) in [7, 11) is 1.64. The summed E-state index contributed by atoms with van der Waals surface area (Å²) in [6.07, 6.45) is 0.335. The van der Waals surface area contributed by atoms with Gasteiger partial charge in [0.05, 0.1) is 24.6 Å². The molecule has 2 unspecified atom stereocenters. The van der Waals surface area contributed by atoms with Gasteiger partial charge in [-0.05, 0) is 43.7 Å². The summed E-state index contributed by atoms with van der Waals surface area (Å²) in [4.78, 5) is 30.5. The fourth-order valence-corrected chi connectivity index (χ4v) is 5.66. The maximum absolute atomic E-state index is 12.4. The van der Waals surface area contributed by atoms with Gasteiger partial charge in [-0.3, -0.25) is 14.9 Å². The Kier molecular flexibility index (Phi) is 7.87. The number of carbonyl (C=O) groups excluding carboxylic acids is 2. The normalized spacial score (nSPS) is 17.8. The zero-order valence-electron chi connectivity index (χ0n) is 19.4. The van der Waals surface area contributed by atoms with E-state index >= 15 is 0 Å². The van der Waals surface area contributed by atoms with Crippen LogP contribution in [0.4, 0.5) is 0 Å². The minimum absolute atomic E-state index is 0.0416. The third kappa shape index (κ3) is 6.16. The minimum atomic E-state index is -0.345. The molecule has 0 radical (unpaired) electrons. The molecule has 1 aliphatic rings. The molecule has 178 valence electrons. The lowest BCUT2D eigenvalue weighted by Crippen LogP contribution is -2.51. The van der Waals surface area contributed by atoms with E-state index in [1.54, 1.807) is 18.4 Å². The van der Waals surface area contributed by atoms with Crippen LogP contribution < -0.4 is 20.7 Å². The van der Waals surface area contributed by atoms with Crippen molar-refractivity contribution in [3.05, 3.63) is 70.2 Å². The molecule has 0 spiro atoms. The first kappa shape index (κ1) is 24.3. The quantitative estimate of drug-likeness (QED) is 0.438. The van der Waals surface area contributed by atoms with Crippen LogP contribution in [0.1, 0.15) is 34.2 Å². The number of nitrogens with zero attached hydrogens (tertiary/aromatic N) is 1. The molecular formula is C25H28N4O3S2. The van der Waals surface area contributed by atoms with Crippen molar-refractivity contribution < 1.29 is 14.3 Å². The van der Waals surface area contributed by atoms with Crippen molar-refractivity contribution in [3.63, 3.8) is 0 Å². The number of methoxy groups -OCH3 is 1. The fraction of sp³-hybridized carbons (Fsp3) is 0.320. The molecule has 1 aliphatic heterocycles. The molecule has 9 heteroatoms. The van der Waals surface area contributed by atoms with Crippen LogP contribution in [0.2, 0.25) is 0 Å². The zero-order chi connectivity index (χ0) is 24.1. The molecule has 0 aliphatic carbocycles. The molecular weight excluding hydrogens is 468 g/mol. The lowest BCUT2D eigenvalue weighted by molar-refractivity contribution is -0.123. The van der Waals surface area contributed by atoms with Gasteiger partial charge in [-0.1, -0.05) is 29.8 Å². The van der Waals surface area contributed by atoms with Crippen LogP contribution in [0.3, 0.4) is 0 Å². The number of nitrogens with one attached hydrogen (secondary N) is 3. The Labute approximate surface area is 207 Å². The molecule has 2 atom stereocenters. The van der Waals surface area contributed by atoms with E-state index in [-0.39, 0.29) is 29.1 Å². The Balaban J connectivity index is 1.34. The van der Waals surface area contributed by atoms with E-state index in [0.717, 1.165) is 32.5 Å². The Morgan fingerprint density at radius 1 is 1.18 bits per heavy atom. The molecule has 2 aromatic carbocycles. The summed E-state index contributed by atoms with van der Waals surface area (Å²) in [5.41, 5.74) is 3.81. The van der Waals surface area contributed by atoms with Gasteiger partial charge in [0.1, 0.15) is 16.3 Å². The Morgan fingerprint density at radius 3 is 2.62 bits per heavy atom. The van der Waals surface area contributed by atoms with Gasteiger partial charge in [0, 0.05) is 23.4 Å². The van der Waals surface area contributed by atoms with E-state index in [2.05, 4.69) is 16.0 Å². The Morgan fingerprint density at radius 2 is 1.91 bits per heavy atom. The molecule has 2 amide bonds. The first-order valence-corrected chi connectivity index (χ1v) is 12.9. The molecule has 4 rings (SSSR count). The number of amides is 2. The van der Waals surface area contributed by atoms with E-state index in [1.807, 2.05) is 62.4 Å². The summed E-state index contributed by atoms with van der Waals surface area (Å²) in [5, 5.41) is 10.2. The van der Waals surface area contributed by atoms with Crippen LogP contribution in [0, 0.1) is 13.8 Å². The molecule has 1 saturated heterocycles. The molecule has 1 aromatic heterocycles. The van der Waals surface area contributed by atoms with Crippen molar-refractivity contribution in [1.29, 1.82) is 0 Å². The monoisotopic (exact) mass is 496 g/mol. The van der Waals surface area contributed by atoms with Gasteiger partial charge in [-0.25, -0.2) is 4.98 Å². The third-order valence-electron chi connectivity index (χ3n) is 5.51. The minimum Gasteiger partial charge on any atom is -0.497 e. The number of hydrogen-bond acceptors (Lipinski definition) is 7. The molecule has 34 heavy (non-hydrogen) atoms. The van der Waals surface area contributed by atoms with Crippen LogP contribution >= 0.6 is 23.1 Å². The summed E-state index contributed by atoms with van der Waals surface area (Å²) in [5.74, 6) is 0.931. The number of aryl methyl sites for hydroxylation is 2. The maximum Gasteiger partial charge on any atom is 0.230 e. The van der Waals surface area contributed by atoms with Crippen molar-refractivity contribution in [2.24, 2.45) is 0 Å². The first-order valence-electron chi connectivity index (χ1n) is 11.0. The van der Waals surface area contributed by atoms with Gasteiger partial charge < -0.3 is 15.4 Å². The average molecular weight is 497 g/mol. The number of hydrogen-bond donors (Lipinski definition) is 3. The highest BCUT2D eigenvalue weighted by Gasteiger charge is 2.30. The molecule has 2 heterocycles. The number of benzene rings is 2. The maximum atomic E-state index is 12.4. The third-order valence-corrected chi connectivity index (χ3v) is 7.85. The van der Waals surface area contributed by atoms with E-state index in [0.29, 0.717) is 13.0 Å². The molecule has 0 saturated carbocycles. The zero-order valence-corrected chi connectivity index (χ0v) is 21.0. The molecule has 0 bridgehead atoms. The molecule has 3 N–H and O–H groups in total. The van der Waals surface area contributed by atoms with E-state index in [4.69, 9.17) is 9.72 Å². The number of thiazole rings is 1. The largest absolute Gasteiger partial charge is 0.497 e. The number of ether oxygens (including phenoxy) is 1. The van der Waals surface area contributed by atoms with Crippen LogP contribution in [-0.2, 0) is 16.1 Å². The lowest BCUT2D eigenvalue weighted by atomic mass is 10.1. The summed E-state index contributed by atoms with van der Waals surface area (Å²) in [6, 6.07) is 15.7. The van der Waals surface area contributed by atoms with Crippen molar-refractivity contribution in [3.8, 4) is 16.3 Å². The van der Waals surface area contributed by atoms with Gasteiger partial charge >= 0.3 is 0 Å². The Hall–Kier alpha value is -2.88. The highest BCUT2D eigenvalue weighted by Crippen LogP contribution is 2.35. The van der Waals surface area contributed by atoms with E-state index in [9.17, 15) is 9.59 Å². The van der Waals surface area contributed by atoms with Gasteiger partial charge in [0.15, 0.2) is 0 Å². The summed E-state index contributed by atoms with van der Waals surface area (Å²) < 4.78 is 5.23. The second-order valence-electron chi connectivity index (χ2n) is 8.14. The summed E-state index contributed by atoms with van der Waals surface area (Å²) in [6.45, 7) is 4.49. The topological polar surface area (TPSA) is 92.3 Å². The molecule has 7 nitrogen and oxygen atoms in total. The van der Waals surface area contributed by atoms with E-state index < -0.39 is 0 Å². The summed E-state index contributed by atoms with van der Waals surface area (Å²) >= 11 is 2.96. The lowest BCUT2D eigenvalue weighted by Gasteiger charge is -2.30. The van der Waals surface area contributed by atoms with Gasteiger partial charge in [-0.2, -0.15) is 0 Å². The van der Waals surface area contributed by atoms with Crippen LogP contribution in [0.25, 0.3) is 10.6 Å². The van der Waals surface area contributed by atoms with Crippen LogP contribution in [0.5, 0.6) is 5.75 Å². The smallest absolute Gasteiger partial charge is 0.230 e. The molecule has 3 aromatic rings. The van der Waals surface area contributed by atoms with E-state index in [1.165, 1.54) is 17.3 Å². The van der Waals surface area contributed by atoms with Gasteiger partial charge in [0.25, 0.3) is 0 Å². The molecule has 1 fully saturated rings. The van der Waals surface area contributed by atoms with Gasteiger partial charge in [0.2, 0.25) is 11.8 Å². The van der Waals surface area contributed by atoms with Crippen molar-refractivity contribution in [2.45, 2.75) is 38.4 Å². The number of carbonyl (C=O) groups is 2. The highest BCUT2D eigenvalue weighted by atomic mass is 32.2. The number of aromatic nitrogens is 1. The number of rotatable bonds is 8. The van der Waals surface area contributed by atoms with Crippen molar-refractivity contribution in [1.82, 2.24) is 20.9 Å². The van der Waals surface area contributed by atoms with Crippen LogP contribution in [-0.4, -0.2) is 35.2 Å². The van der Waals surface area contributed by atoms with Gasteiger partial charge in [-0.15, -0.1) is 23.1 Å². The Bertz CT molecular complexity index is 1150. The highest BCUT2D eigenvalue weighted by molar-refractivity contribution is 8.00. The second-order valence-corrected chi connectivity index (χ2v) is 10.3. The number of thioether (sulfide) groups is 1. The van der Waals surface area contributed by atoms with Crippen molar-refractivity contribution >= 4 is 34.9 Å². The standard InChI is InChI=1S/C25H28N4O3S2/c1-15-4-6-17(7-5-15)13-26-22(31)14-33-25-28-20(12-21(30)29-25)23-16(2)27-24(34-23)18-8-10-19(32-3)11-9-18/h4-11,20,25,28H,12-14H2,1-3H3,(H,26,31)(H,29,30). The second kappa shape index (κ2) is 11.0. The van der Waals surface area contributed by atoms with Crippen molar-refractivity contribution in [2.75, 3.05) is 12.9 Å². The first-order chi connectivity index (χ1) is 16.4. The SMILES string of the molecule is COc1ccc(-c2nc(C)c(C3CC(=O)NC(SCC(=O)NCc4ccc(C)cc4)N3)s2)cc1.